The molecule has 0 atom stereocenters. The van der Waals surface area contributed by atoms with Gasteiger partial charge in [0.15, 0.2) is 0 Å². The highest BCUT2D eigenvalue weighted by Crippen LogP contribution is 2.09. The molecule has 0 radical (unpaired) electrons. The Labute approximate surface area is 100.0 Å². The molecule has 0 spiro atoms. The first-order valence-electron chi connectivity index (χ1n) is 4.94. The van der Waals surface area contributed by atoms with E-state index in [2.05, 4.69) is 10.3 Å². The maximum atomic E-state index is 11.3. The lowest BCUT2D eigenvalue weighted by atomic mass is 10.2. The Balaban J connectivity index is 2.43. The van der Waals surface area contributed by atoms with E-state index in [9.17, 15) is 4.79 Å². The van der Waals surface area contributed by atoms with Gasteiger partial charge < -0.3 is 10.1 Å². The molecular formula is C11H15ClN2O2. The minimum absolute atomic E-state index is 0.301. The minimum Gasteiger partial charge on any atom is -0.444 e. The molecule has 0 fully saturated rings. The third-order valence-corrected chi connectivity index (χ3v) is 1.83. The van der Waals surface area contributed by atoms with Crippen molar-refractivity contribution in [3.05, 3.63) is 29.0 Å². The number of aromatic nitrogens is 1. The second kappa shape index (κ2) is 5.16. The van der Waals surface area contributed by atoms with Crippen LogP contribution in [-0.2, 0) is 11.3 Å². The molecule has 4 nitrogen and oxygen atoms in total. The minimum atomic E-state index is -0.494. The lowest BCUT2D eigenvalue weighted by Gasteiger charge is -2.19. The molecule has 88 valence electrons. The van der Waals surface area contributed by atoms with Crippen LogP contribution in [0.25, 0.3) is 0 Å². The number of pyridine rings is 1. The van der Waals surface area contributed by atoms with Crippen molar-refractivity contribution in [2.75, 3.05) is 0 Å². The van der Waals surface area contributed by atoms with Gasteiger partial charge in [-0.3, -0.25) is 4.98 Å². The second-order valence-electron chi connectivity index (χ2n) is 4.32. The lowest BCUT2D eigenvalue weighted by molar-refractivity contribution is 0.0523. The van der Waals surface area contributed by atoms with Crippen LogP contribution in [0.3, 0.4) is 0 Å². The highest BCUT2D eigenvalue weighted by Gasteiger charge is 2.15. The van der Waals surface area contributed by atoms with Crippen molar-refractivity contribution < 1.29 is 9.53 Å². The molecule has 1 aromatic rings. The van der Waals surface area contributed by atoms with Crippen molar-refractivity contribution in [1.29, 1.82) is 0 Å². The van der Waals surface area contributed by atoms with E-state index in [-0.39, 0.29) is 0 Å². The average Bonchev–Trinajstić information content (AvgIpc) is 2.12. The Morgan fingerprint density at radius 1 is 1.56 bits per heavy atom. The summed E-state index contributed by atoms with van der Waals surface area (Å²) in [7, 11) is 0. The quantitative estimate of drug-likeness (QED) is 0.868. The third-order valence-electron chi connectivity index (χ3n) is 1.59. The zero-order chi connectivity index (χ0) is 12.2. The van der Waals surface area contributed by atoms with Gasteiger partial charge in [0, 0.05) is 11.2 Å². The van der Waals surface area contributed by atoms with Gasteiger partial charge in [0.05, 0.1) is 12.2 Å². The van der Waals surface area contributed by atoms with Gasteiger partial charge >= 0.3 is 6.09 Å². The van der Waals surface area contributed by atoms with Gasteiger partial charge in [0.2, 0.25) is 0 Å². The van der Waals surface area contributed by atoms with E-state index in [0.717, 1.165) is 0 Å². The summed E-state index contributed by atoms with van der Waals surface area (Å²) in [5, 5.41) is 3.19. The SMILES string of the molecule is CC(C)(C)OC(=O)NCc1cc(Cl)ccn1. The fourth-order valence-corrected chi connectivity index (χ4v) is 1.20. The Morgan fingerprint density at radius 2 is 2.25 bits per heavy atom. The van der Waals surface area contributed by atoms with Crippen LogP contribution in [0.4, 0.5) is 4.79 Å². The van der Waals surface area contributed by atoms with Crippen LogP contribution in [0.2, 0.25) is 5.02 Å². The van der Waals surface area contributed by atoms with Crippen molar-refractivity contribution in [2.45, 2.75) is 32.9 Å². The number of alkyl carbamates (subject to hydrolysis) is 1. The molecular weight excluding hydrogens is 228 g/mol. The van der Waals surface area contributed by atoms with Crippen LogP contribution in [0.5, 0.6) is 0 Å². The highest BCUT2D eigenvalue weighted by atomic mass is 35.5. The van der Waals surface area contributed by atoms with Crippen molar-refractivity contribution in [3.8, 4) is 0 Å². The number of nitrogens with zero attached hydrogens (tertiary/aromatic N) is 1. The normalized spacial score (nSPS) is 11.0. The van der Waals surface area contributed by atoms with Crippen molar-refractivity contribution in [1.82, 2.24) is 10.3 Å². The Hall–Kier alpha value is -1.29. The van der Waals surface area contributed by atoms with Crippen LogP contribution in [0, 0.1) is 0 Å². The van der Waals surface area contributed by atoms with Gasteiger partial charge in [0.1, 0.15) is 5.60 Å². The molecule has 1 aromatic heterocycles. The highest BCUT2D eigenvalue weighted by molar-refractivity contribution is 6.30. The van der Waals surface area contributed by atoms with Crippen LogP contribution >= 0.6 is 11.6 Å². The van der Waals surface area contributed by atoms with Crippen LogP contribution < -0.4 is 5.32 Å². The maximum absolute atomic E-state index is 11.3. The summed E-state index contributed by atoms with van der Waals surface area (Å²) in [5.41, 5.74) is 0.199. The number of carbonyl (C=O) groups is 1. The van der Waals surface area contributed by atoms with Crippen LogP contribution in [-0.4, -0.2) is 16.7 Å². The van der Waals surface area contributed by atoms with Crippen LogP contribution in [0.1, 0.15) is 26.5 Å². The first-order chi connectivity index (χ1) is 7.37. The van der Waals surface area contributed by atoms with E-state index in [1.54, 1.807) is 18.3 Å². The van der Waals surface area contributed by atoms with E-state index in [0.29, 0.717) is 17.3 Å². The molecule has 0 aliphatic rings. The van der Waals surface area contributed by atoms with Crippen LogP contribution in [0.15, 0.2) is 18.3 Å². The van der Waals surface area contributed by atoms with E-state index in [1.807, 2.05) is 20.8 Å². The first-order valence-corrected chi connectivity index (χ1v) is 5.32. The fourth-order valence-electron chi connectivity index (χ4n) is 1.02. The van der Waals surface area contributed by atoms with E-state index >= 15 is 0 Å². The monoisotopic (exact) mass is 242 g/mol. The largest absolute Gasteiger partial charge is 0.444 e. The predicted molar refractivity (Wildman–Crippen MR) is 62.3 cm³/mol. The zero-order valence-electron chi connectivity index (χ0n) is 9.58. The summed E-state index contributed by atoms with van der Waals surface area (Å²) in [6.07, 6.45) is 1.13. The molecule has 1 rings (SSSR count). The molecule has 0 bridgehead atoms. The van der Waals surface area contributed by atoms with Crippen molar-refractivity contribution in [2.24, 2.45) is 0 Å². The summed E-state index contributed by atoms with van der Waals surface area (Å²) in [5.74, 6) is 0. The summed E-state index contributed by atoms with van der Waals surface area (Å²) in [6.45, 7) is 5.73. The molecule has 16 heavy (non-hydrogen) atoms. The summed E-state index contributed by atoms with van der Waals surface area (Å²) >= 11 is 5.78. The zero-order valence-corrected chi connectivity index (χ0v) is 10.3. The van der Waals surface area contributed by atoms with E-state index < -0.39 is 11.7 Å². The van der Waals surface area contributed by atoms with Crippen molar-refractivity contribution in [3.63, 3.8) is 0 Å². The Morgan fingerprint density at radius 3 is 2.81 bits per heavy atom. The van der Waals surface area contributed by atoms with Gasteiger partial charge in [-0.1, -0.05) is 11.6 Å². The third kappa shape index (κ3) is 4.98. The molecule has 0 unspecified atom stereocenters. The topological polar surface area (TPSA) is 51.2 Å². The van der Waals surface area contributed by atoms with E-state index in [4.69, 9.17) is 16.3 Å². The molecule has 1 N–H and O–H groups in total. The summed E-state index contributed by atoms with van der Waals surface area (Å²) in [6, 6.07) is 3.37. The standard InChI is InChI=1S/C11H15ClN2O2/c1-11(2,3)16-10(15)14-7-9-6-8(12)4-5-13-9/h4-6H,7H2,1-3H3,(H,14,15). The molecule has 0 aromatic carbocycles. The second-order valence-corrected chi connectivity index (χ2v) is 4.76. The molecule has 1 heterocycles. The fraction of sp³-hybridized carbons (Fsp3) is 0.455. The number of rotatable bonds is 2. The molecule has 1 amide bonds. The first kappa shape index (κ1) is 12.8. The van der Waals surface area contributed by atoms with E-state index in [1.165, 1.54) is 0 Å². The Kier molecular flexibility index (Phi) is 4.12. The smallest absolute Gasteiger partial charge is 0.407 e. The number of hydrogen-bond acceptors (Lipinski definition) is 3. The van der Waals surface area contributed by atoms with Gasteiger partial charge in [-0.15, -0.1) is 0 Å². The number of nitrogens with one attached hydrogen (secondary N) is 1. The molecule has 0 saturated carbocycles. The Bertz CT molecular complexity index is 374. The number of carbonyl (C=O) groups excluding carboxylic acids is 1. The predicted octanol–water partition coefficient (Wildman–Crippen LogP) is 2.76. The van der Waals surface area contributed by atoms with Gasteiger partial charge in [0.25, 0.3) is 0 Å². The lowest BCUT2D eigenvalue weighted by Crippen LogP contribution is -2.32. The van der Waals surface area contributed by atoms with Gasteiger partial charge in [-0.05, 0) is 32.9 Å². The molecule has 0 saturated heterocycles. The number of ether oxygens (including phenoxy) is 1. The number of amides is 1. The molecule has 5 heteroatoms. The van der Waals surface area contributed by atoms with Crippen molar-refractivity contribution >= 4 is 17.7 Å². The maximum Gasteiger partial charge on any atom is 0.407 e. The molecule has 0 aliphatic heterocycles. The van der Waals surface area contributed by atoms with Gasteiger partial charge in [-0.25, -0.2) is 4.79 Å². The van der Waals surface area contributed by atoms with Gasteiger partial charge in [-0.2, -0.15) is 0 Å². The number of halogens is 1. The average molecular weight is 243 g/mol. The summed E-state index contributed by atoms with van der Waals surface area (Å²) < 4.78 is 5.08. The summed E-state index contributed by atoms with van der Waals surface area (Å²) in [4.78, 5) is 15.4. The number of hydrogen-bond donors (Lipinski definition) is 1. The molecule has 0 aliphatic carbocycles.